The Bertz CT molecular complexity index is 624. The first-order valence-electron chi connectivity index (χ1n) is 6.10. The Balaban J connectivity index is 2.19. The standard InChI is InChI=1S/C15H16N2OS/c1-17(9-8-14(16)19)15(18)13-7-6-11-4-2-3-5-12(11)10-13/h2-7,10H,8-9H2,1H3,(H2,16,19). The second-order valence-electron chi connectivity index (χ2n) is 4.50. The van der Waals surface area contributed by atoms with Crippen LogP contribution in [0.5, 0.6) is 0 Å². The van der Waals surface area contributed by atoms with Crippen LogP contribution in [0.3, 0.4) is 0 Å². The van der Waals surface area contributed by atoms with Crippen LogP contribution in [0.1, 0.15) is 16.8 Å². The average Bonchev–Trinajstić information content (AvgIpc) is 2.43. The zero-order chi connectivity index (χ0) is 13.8. The highest BCUT2D eigenvalue weighted by molar-refractivity contribution is 7.80. The first-order chi connectivity index (χ1) is 9.08. The van der Waals surface area contributed by atoms with E-state index < -0.39 is 0 Å². The van der Waals surface area contributed by atoms with E-state index in [0.717, 1.165) is 10.8 Å². The molecule has 0 saturated carbocycles. The molecule has 0 aliphatic carbocycles. The highest BCUT2D eigenvalue weighted by Crippen LogP contribution is 2.16. The predicted octanol–water partition coefficient (Wildman–Crippen LogP) is 2.59. The van der Waals surface area contributed by atoms with Gasteiger partial charge in [0.05, 0.1) is 4.99 Å². The van der Waals surface area contributed by atoms with Crippen molar-refractivity contribution in [2.24, 2.45) is 5.73 Å². The average molecular weight is 272 g/mol. The van der Waals surface area contributed by atoms with Gasteiger partial charge in [-0.1, -0.05) is 42.5 Å². The van der Waals surface area contributed by atoms with Gasteiger partial charge in [-0.2, -0.15) is 0 Å². The van der Waals surface area contributed by atoms with Crippen molar-refractivity contribution in [1.82, 2.24) is 4.90 Å². The molecule has 98 valence electrons. The summed E-state index contributed by atoms with van der Waals surface area (Å²) >= 11 is 4.82. The number of carbonyl (C=O) groups is 1. The maximum atomic E-state index is 12.2. The molecule has 0 heterocycles. The van der Waals surface area contributed by atoms with Crippen molar-refractivity contribution in [3.05, 3.63) is 48.0 Å². The highest BCUT2D eigenvalue weighted by Gasteiger charge is 2.11. The van der Waals surface area contributed by atoms with Crippen LogP contribution in [0.4, 0.5) is 0 Å². The summed E-state index contributed by atoms with van der Waals surface area (Å²) in [5.74, 6) is -0.0120. The molecule has 0 saturated heterocycles. The van der Waals surface area contributed by atoms with E-state index in [1.165, 1.54) is 0 Å². The summed E-state index contributed by atoms with van der Waals surface area (Å²) in [6.45, 7) is 0.543. The smallest absolute Gasteiger partial charge is 0.253 e. The van der Waals surface area contributed by atoms with Gasteiger partial charge in [0.15, 0.2) is 0 Å². The SMILES string of the molecule is CN(CCC(N)=S)C(=O)c1ccc2ccccc2c1. The van der Waals surface area contributed by atoms with Crippen LogP contribution in [-0.4, -0.2) is 29.4 Å². The topological polar surface area (TPSA) is 46.3 Å². The second-order valence-corrected chi connectivity index (χ2v) is 5.03. The Morgan fingerprint density at radius 2 is 1.89 bits per heavy atom. The summed E-state index contributed by atoms with van der Waals surface area (Å²) in [6.07, 6.45) is 0.547. The Morgan fingerprint density at radius 1 is 1.21 bits per heavy atom. The molecule has 0 unspecified atom stereocenters. The number of carbonyl (C=O) groups excluding carboxylic acids is 1. The van der Waals surface area contributed by atoms with Crippen LogP contribution in [0.15, 0.2) is 42.5 Å². The van der Waals surface area contributed by atoms with E-state index in [2.05, 4.69) is 0 Å². The zero-order valence-electron chi connectivity index (χ0n) is 10.8. The molecule has 2 aromatic carbocycles. The van der Waals surface area contributed by atoms with Gasteiger partial charge in [-0.3, -0.25) is 4.79 Å². The number of hydrogen-bond acceptors (Lipinski definition) is 2. The first-order valence-corrected chi connectivity index (χ1v) is 6.51. The van der Waals surface area contributed by atoms with Crippen molar-refractivity contribution in [2.45, 2.75) is 6.42 Å². The molecule has 0 aliphatic heterocycles. The fraction of sp³-hybridized carbons (Fsp3) is 0.200. The molecule has 19 heavy (non-hydrogen) atoms. The Kier molecular flexibility index (Phi) is 4.12. The van der Waals surface area contributed by atoms with Crippen molar-refractivity contribution in [2.75, 3.05) is 13.6 Å². The molecule has 0 aliphatic rings. The maximum absolute atomic E-state index is 12.2. The van der Waals surface area contributed by atoms with Crippen LogP contribution in [0, 0.1) is 0 Å². The predicted molar refractivity (Wildman–Crippen MR) is 82.3 cm³/mol. The summed E-state index contributed by atoms with van der Waals surface area (Å²) in [4.78, 5) is 14.3. The fourth-order valence-electron chi connectivity index (χ4n) is 1.92. The summed E-state index contributed by atoms with van der Waals surface area (Å²) in [5, 5.41) is 2.20. The quantitative estimate of drug-likeness (QED) is 0.870. The number of nitrogens with zero attached hydrogens (tertiary/aromatic N) is 1. The molecule has 2 N–H and O–H groups in total. The minimum atomic E-state index is -0.0120. The number of hydrogen-bond donors (Lipinski definition) is 1. The van der Waals surface area contributed by atoms with Crippen LogP contribution in [-0.2, 0) is 0 Å². The number of benzene rings is 2. The molecular weight excluding hydrogens is 256 g/mol. The number of fused-ring (bicyclic) bond motifs is 1. The summed E-state index contributed by atoms with van der Waals surface area (Å²) in [5.41, 5.74) is 6.13. The third-order valence-corrected chi connectivity index (χ3v) is 3.24. The first kappa shape index (κ1) is 13.5. The van der Waals surface area contributed by atoms with Gasteiger partial charge in [0.25, 0.3) is 5.91 Å². The van der Waals surface area contributed by atoms with E-state index in [-0.39, 0.29) is 5.91 Å². The minimum Gasteiger partial charge on any atom is -0.393 e. The van der Waals surface area contributed by atoms with Gasteiger partial charge >= 0.3 is 0 Å². The van der Waals surface area contributed by atoms with Gasteiger partial charge in [-0.15, -0.1) is 0 Å². The molecule has 2 aromatic rings. The summed E-state index contributed by atoms with van der Waals surface area (Å²) in [7, 11) is 1.76. The van der Waals surface area contributed by atoms with Crippen molar-refractivity contribution in [1.29, 1.82) is 0 Å². The second kappa shape index (κ2) is 5.80. The van der Waals surface area contributed by atoms with Crippen LogP contribution in [0.25, 0.3) is 10.8 Å². The molecule has 0 aromatic heterocycles. The van der Waals surface area contributed by atoms with Crippen molar-refractivity contribution in [3.63, 3.8) is 0 Å². The van der Waals surface area contributed by atoms with Crippen molar-refractivity contribution in [3.8, 4) is 0 Å². The lowest BCUT2D eigenvalue weighted by atomic mass is 10.1. The fourth-order valence-corrected chi connectivity index (χ4v) is 2.01. The normalized spacial score (nSPS) is 10.4. The van der Waals surface area contributed by atoms with Crippen molar-refractivity contribution < 1.29 is 4.79 Å². The number of amides is 1. The minimum absolute atomic E-state index is 0.0120. The van der Waals surface area contributed by atoms with Gasteiger partial charge in [-0.25, -0.2) is 0 Å². The van der Waals surface area contributed by atoms with Gasteiger partial charge in [0.2, 0.25) is 0 Å². The molecular formula is C15H16N2OS. The van der Waals surface area contributed by atoms with E-state index in [9.17, 15) is 4.79 Å². The Morgan fingerprint density at radius 3 is 2.58 bits per heavy atom. The molecule has 3 nitrogen and oxygen atoms in total. The van der Waals surface area contributed by atoms with E-state index >= 15 is 0 Å². The molecule has 1 amide bonds. The van der Waals surface area contributed by atoms with E-state index in [1.807, 2.05) is 42.5 Å². The third-order valence-electron chi connectivity index (χ3n) is 3.04. The highest BCUT2D eigenvalue weighted by atomic mass is 32.1. The summed E-state index contributed by atoms with van der Waals surface area (Å²) < 4.78 is 0. The Hall–Kier alpha value is -1.94. The molecule has 4 heteroatoms. The number of nitrogens with two attached hydrogens (primary N) is 1. The molecule has 0 radical (unpaired) electrons. The lowest BCUT2D eigenvalue weighted by molar-refractivity contribution is 0.0799. The van der Waals surface area contributed by atoms with Crippen LogP contribution < -0.4 is 5.73 Å². The molecule has 0 atom stereocenters. The van der Waals surface area contributed by atoms with Gasteiger partial charge < -0.3 is 10.6 Å². The summed E-state index contributed by atoms with van der Waals surface area (Å²) in [6, 6.07) is 13.7. The molecule has 0 fully saturated rings. The number of thiocarbonyl (C=S) groups is 1. The van der Waals surface area contributed by atoms with E-state index in [4.69, 9.17) is 18.0 Å². The maximum Gasteiger partial charge on any atom is 0.253 e. The van der Waals surface area contributed by atoms with Gasteiger partial charge in [0, 0.05) is 25.6 Å². The molecule has 0 bridgehead atoms. The third kappa shape index (κ3) is 3.29. The Labute approximate surface area is 118 Å². The lowest BCUT2D eigenvalue weighted by Gasteiger charge is -2.17. The largest absolute Gasteiger partial charge is 0.393 e. The van der Waals surface area contributed by atoms with Crippen LogP contribution in [0.2, 0.25) is 0 Å². The zero-order valence-corrected chi connectivity index (χ0v) is 11.6. The van der Waals surface area contributed by atoms with Crippen molar-refractivity contribution >= 4 is 33.9 Å². The van der Waals surface area contributed by atoms with E-state index in [0.29, 0.717) is 23.5 Å². The molecule has 2 rings (SSSR count). The monoisotopic (exact) mass is 272 g/mol. The van der Waals surface area contributed by atoms with Crippen LogP contribution >= 0.6 is 12.2 Å². The lowest BCUT2D eigenvalue weighted by Crippen LogP contribution is -2.30. The van der Waals surface area contributed by atoms with Gasteiger partial charge in [0.1, 0.15) is 0 Å². The number of rotatable bonds is 4. The van der Waals surface area contributed by atoms with Gasteiger partial charge in [-0.05, 0) is 22.9 Å². The molecule has 0 spiro atoms. The van der Waals surface area contributed by atoms with E-state index in [1.54, 1.807) is 11.9 Å².